The first-order valence-electron chi connectivity index (χ1n) is 10.4. The van der Waals surface area contributed by atoms with Crippen LogP contribution in [0.5, 0.6) is 11.5 Å². The van der Waals surface area contributed by atoms with Crippen LogP contribution in [0.1, 0.15) is 34.3 Å². The van der Waals surface area contributed by atoms with Crippen LogP contribution < -0.4 is 20.3 Å². The lowest BCUT2D eigenvalue weighted by molar-refractivity contribution is 0.0947. The van der Waals surface area contributed by atoms with Gasteiger partial charge in [-0.25, -0.2) is 0 Å². The number of rotatable bonds is 9. The first-order chi connectivity index (χ1) is 14.5. The SMILES string of the molecule is COc1ccc(CCn2ccc(C)c(C(=O)NCCN3CCCC3)c2=O)cc1OC. The average Bonchev–Trinajstić information content (AvgIpc) is 3.26. The van der Waals surface area contributed by atoms with Crippen molar-refractivity contribution in [2.75, 3.05) is 40.4 Å². The molecule has 1 aliphatic heterocycles. The van der Waals surface area contributed by atoms with Gasteiger partial charge in [-0.3, -0.25) is 9.59 Å². The van der Waals surface area contributed by atoms with E-state index in [1.54, 1.807) is 31.9 Å². The summed E-state index contributed by atoms with van der Waals surface area (Å²) < 4.78 is 12.2. The first kappa shape index (κ1) is 21.9. The van der Waals surface area contributed by atoms with Gasteiger partial charge in [0.2, 0.25) is 0 Å². The molecule has 3 rings (SSSR count). The van der Waals surface area contributed by atoms with Crippen LogP contribution >= 0.6 is 0 Å². The van der Waals surface area contributed by atoms with Gasteiger partial charge in [0, 0.05) is 25.8 Å². The van der Waals surface area contributed by atoms with Crippen LogP contribution in [0.15, 0.2) is 35.3 Å². The Morgan fingerprint density at radius 2 is 1.80 bits per heavy atom. The quantitative estimate of drug-likeness (QED) is 0.683. The monoisotopic (exact) mass is 413 g/mol. The van der Waals surface area contributed by atoms with E-state index in [0.717, 1.165) is 25.2 Å². The lowest BCUT2D eigenvalue weighted by Gasteiger charge is -2.15. The van der Waals surface area contributed by atoms with E-state index in [0.29, 0.717) is 36.6 Å². The molecule has 0 saturated carbocycles. The number of aryl methyl sites for hydroxylation is 3. The van der Waals surface area contributed by atoms with Crippen molar-refractivity contribution in [3.63, 3.8) is 0 Å². The second-order valence-corrected chi connectivity index (χ2v) is 7.62. The molecule has 1 aromatic carbocycles. The third kappa shape index (κ3) is 5.21. The molecular formula is C23H31N3O4. The number of amides is 1. The molecule has 1 aromatic heterocycles. The highest BCUT2D eigenvalue weighted by Gasteiger charge is 2.17. The molecule has 0 radical (unpaired) electrons. The topological polar surface area (TPSA) is 72.8 Å². The predicted molar refractivity (Wildman–Crippen MR) is 117 cm³/mol. The van der Waals surface area contributed by atoms with E-state index >= 15 is 0 Å². The highest BCUT2D eigenvalue weighted by molar-refractivity contribution is 5.95. The molecular weight excluding hydrogens is 382 g/mol. The van der Waals surface area contributed by atoms with Crippen molar-refractivity contribution in [3.8, 4) is 11.5 Å². The largest absolute Gasteiger partial charge is 0.493 e. The summed E-state index contributed by atoms with van der Waals surface area (Å²) in [6.45, 7) is 5.83. The summed E-state index contributed by atoms with van der Waals surface area (Å²) in [5, 5.41) is 2.91. The molecule has 0 spiro atoms. The van der Waals surface area contributed by atoms with Crippen molar-refractivity contribution in [3.05, 3.63) is 57.5 Å². The minimum absolute atomic E-state index is 0.228. The number of aromatic nitrogens is 1. The zero-order valence-electron chi connectivity index (χ0n) is 18.1. The lowest BCUT2D eigenvalue weighted by atomic mass is 10.1. The van der Waals surface area contributed by atoms with Crippen LogP contribution in [0.3, 0.4) is 0 Å². The van der Waals surface area contributed by atoms with E-state index in [4.69, 9.17) is 9.47 Å². The van der Waals surface area contributed by atoms with Crippen LogP contribution in [-0.4, -0.2) is 55.8 Å². The number of ether oxygens (including phenoxy) is 2. The minimum atomic E-state index is -0.294. The van der Waals surface area contributed by atoms with Crippen LogP contribution in [0.4, 0.5) is 0 Å². The molecule has 7 heteroatoms. The Labute approximate surface area is 177 Å². The van der Waals surface area contributed by atoms with Crippen molar-refractivity contribution in [1.29, 1.82) is 0 Å². The van der Waals surface area contributed by atoms with Crippen molar-refractivity contribution in [1.82, 2.24) is 14.8 Å². The van der Waals surface area contributed by atoms with Crippen LogP contribution in [0.25, 0.3) is 0 Å². The third-order valence-corrected chi connectivity index (χ3v) is 5.60. The Bertz CT molecular complexity index is 933. The number of nitrogens with one attached hydrogen (secondary N) is 1. The van der Waals surface area contributed by atoms with Crippen LogP contribution in [-0.2, 0) is 13.0 Å². The second kappa shape index (κ2) is 10.3. The van der Waals surface area contributed by atoms with Gasteiger partial charge in [-0.1, -0.05) is 6.07 Å². The normalized spacial score (nSPS) is 14.0. The predicted octanol–water partition coefficient (Wildman–Crippen LogP) is 2.24. The van der Waals surface area contributed by atoms with Gasteiger partial charge in [0.15, 0.2) is 11.5 Å². The van der Waals surface area contributed by atoms with Gasteiger partial charge >= 0.3 is 0 Å². The first-order valence-corrected chi connectivity index (χ1v) is 10.4. The third-order valence-electron chi connectivity index (χ3n) is 5.60. The molecule has 0 bridgehead atoms. The highest BCUT2D eigenvalue weighted by Crippen LogP contribution is 2.27. The van der Waals surface area contributed by atoms with Gasteiger partial charge in [-0.15, -0.1) is 0 Å². The number of carbonyl (C=O) groups excluding carboxylic acids is 1. The van der Waals surface area contributed by atoms with Gasteiger partial charge in [0.05, 0.1) is 14.2 Å². The van der Waals surface area contributed by atoms with Gasteiger partial charge in [0.1, 0.15) is 5.56 Å². The van der Waals surface area contributed by atoms with Gasteiger partial charge < -0.3 is 24.3 Å². The number of nitrogens with zero attached hydrogens (tertiary/aromatic N) is 2. The van der Waals surface area contributed by atoms with Crippen molar-refractivity contribution in [2.24, 2.45) is 0 Å². The lowest BCUT2D eigenvalue weighted by Crippen LogP contribution is -2.38. The Morgan fingerprint density at radius 3 is 2.50 bits per heavy atom. The summed E-state index contributed by atoms with van der Waals surface area (Å²) in [7, 11) is 3.20. The van der Waals surface area contributed by atoms with E-state index < -0.39 is 0 Å². The van der Waals surface area contributed by atoms with Crippen molar-refractivity contribution >= 4 is 5.91 Å². The van der Waals surface area contributed by atoms with E-state index in [1.807, 2.05) is 24.3 Å². The van der Waals surface area contributed by atoms with Crippen LogP contribution in [0.2, 0.25) is 0 Å². The average molecular weight is 414 g/mol. The van der Waals surface area contributed by atoms with Gasteiger partial charge in [-0.2, -0.15) is 0 Å². The maximum atomic E-state index is 12.9. The summed E-state index contributed by atoms with van der Waals surface area (Å²) in [5.41, 5.74) is 1.69. The summed E-state index contributed by atoms with van der Waals surface area (Å²) in [6, 6.07) is 7.54. The molecule has 1 aliphatic rings. The Hall–Kier alpha value is -2.80. The fourth-order valence-electron chi connectivity index (χ4n) is 3.83. The summed E-state index contributed by atoms with van der Waals surface area (Å²) in [5.74, 6) is 1.03. The molecule has 2 heterocycles. The molecule has 1 saturated heterocycles. The Kier molecular flexibility index (Phi) is 7.52. The standard InChI is InChI=1S/C23H31N3O4/c1-17-8-13-26(14-9-18-6-7-19(29-2)20(16-18)30-3)23(28)21(17)22(27)24-10-15-25-11-4-5-12-25/h6-8,13,16H,4-5,9-12,14-15H2,1-3H3,(H,24,27). The Morgan fingerprint density at radius 1 is 1.07 bits per heavy atom. The Balaban J connectivity index is 1.66. The smallest absolute Gasteiger partial charge is 0.263 e. The maximum absolute atomic E-state index is 12.9. The highest BCUT2D eigenvalue weighted by atomic mass is 16.5. The number of pyridine rings is 1. The molecule has 2 aromatic rings. The molecule has 0 unspecified atom stereocenters. The summed E-state index contributed by atoms with van der Waals surface area (Å²) >= 11 is 0. The molecule has 0 atom stereocenters. The maximum Gasteiger partial charge on any atom is 0.263 e. The molecule has 7 nitrogen and oxygen atoms in total. The summed E-state index contributed by atoms with van der Waals surface area (Å²) in [6.07, 6.45) is 4.83. The molecule has 0 aliphatic carbocycles. The van der Waals surface area contributed by atoms with E-state index in [2.05, 4.69) is 10.2 Å². The van der Waals surface area contributed by atoms with Crippen LogP contribution in [0, 0.1) is 6.92 Å². The van der Waals surface area contributed by atoms with E-state index in [9.17, 15) is 9.59 Å². The molecule has 162 valence electrons. The fraction of sp³-hybridized carbons (Fsp3) is 0.478. The van der Waals surface area contributed by atoms with Crippen molar-refractivity contribution < 1.29 is 14.3 Å². The summed E-state index contributed by atoms with van der Waals surface area (Å²) in [4.78, 5) is 27.9. The molecule has 30 heavy (non-hydrogen) atoms. The second-order valence-electron chi connectivity index (χ2n) is 7.62. The number of carbonyl (C=O) groups is 1. The zero-order chi connectivity index (χ0) is 21.5. The van der Waals surface area contributed by atoms with E-state index in [-0.39, 0.29) is 17.0 Å². The minimum Gasteiger partial charge on any atom is -0.493 e. The number of methoxy groups -OCH3 is 2. The zero-order valence-corrected chi connectivity index (χ0v) is 18.1. The van der Waals surface area contributed by atoms with Gasteiger partial charge in [-0.05, 0) is 68.6 Å². The molecule has 1 fully saturated rings. The number of hydrogen-bond donors (Lipinski definition) is 1. The molecule has 1 N–H and O–H groups in total. The number of benzene rings is 1. The molecule has 1 amide bonds. The van der Waals surface area contributed by atoms with E-state index in [1.165, 1.54) is 12.8 Å². The van der Waals surface area contributed by atoms with Crippen molar-refractivity contribution in [2.45, 2.75) is 32.7 Å². The fourth-order valence-corrected chi connectivity index (χ4v) is 3.83. The number of hydrogen-bond acceptors (Lipinski definition) is 5. The number of likely N-dealkylation sites (tertiary alicyclic amines) is 1. The van der Waals surface area contributed by atoms with Gasteiger partial charge in [0.25, 0.3) is 11.5 Å².